The van der Waals surface area contributed by atoms with E-state index in [2.05, 4.69) is 22.2 Å². The molecule has 0 saturated carbocycles. The van der Waals surface area contributed by atoms with Gasteiger partial charge in [0.25, 0.3) is 0 Å². The van der Waals surface area contributed by atoms with Gasteiger partial charge in [0.2, 0.25) is 0 Å². The van der Waals surface area contributed by atoms with Crippen molar-refractivity contribution >= 4 is 5.69 Å². The van der Waals surface area contributed by atoms with Crippen LogP contribution in [0.25, 0.3) is 0 Å². The molecule has 1 aromatic rings. The summed E-state index contributed by atoms with van der Waals surface area (Å²) in [5.74, 6) is 0. The van der Waals surface area contributed by atoms with Crippen molar-refractivity contribution in [1.82, 2.24) is 0 Å². The second-order valence-electron chi connectivity index (χ2n) is 4.43. The first-order valence-corrected chi connectivity index (χ1v) is 6.05. The molecule has 0 saturated heterocycles. The quantitative estimate of drug-likeness (QED) is 0.820. The van der Waals surface area contributed by atoms with Gasteiger partial charge in [0.05, 0.1) is 6.61 Å². The molecule has 0 atom stereocenters. The SMILES string of the molecule is FC(F)(F)COCCNc1ccc2c(c1)CCC2. The molecule has 0 spiro atoms. The molecule has 2 rings (SSSR count). The number of alkyl halides is 3. The predicted molar refractivity (Wildman–Crippen MR) is 63.8 cm³/mol. The van der Waals surface area contributed by atoms with Crippen molar-refractivity contribution in [2.24, 2.45) is 0 Å². The Hall–Kier alpha value is -1.23. The van der Waals surface area contributed by atoms with Crippen LogP contribution in [0.2, 0.25) is 0 Å². The van der Waals surface area contributed by atoms with Crippen molar-refractivity contribution in [3.63, 3.8) is 0 Å². The second kappa shape index (κ2) is 5.61. The van der Waals surface area contributed by atoms with E-state index in [0.717, 1.165) is 18.5 Å². The molecule has 0 aromatic heterocycles. The first kappa shape index (κ1) is 13.2. The van der Waals surface area contributed by atoms with E-state index < -0.39 is 12.8 Å². The highest BCUT2D eigenvalue weighted by atomic mass is 19.4. The van der Waals surface area contributed by atoms with Gasteiger partial charge in [-0.25, -0.2) is 0 Å². The number of aryl methyl sites for hydroxylation is 2. The third kappa shape index (κ3) is 3.91. The van der Waals surface area contributed by atoms with Gasteiger partial charge in [0, 0.05) is 12.2 Å². The number of rotatable bonds is 5. The molecule has 18 heavy (non-hydrogen) atoms. The van der Waals surface area contributed by atoms with E-state index in [1.807, 2.05) is 6.07 Å². The highest BCUT2D eigenvalue weighted by Gasteiger charge is 2.27. The Morgan fingerprint density at radius 1 is 1.17 bits per heavy atom. The second-order valence-corrected chi connectivity index (χ2v) is 4.43. The lowest BCUT2D eigenvalue weighted by atomic mass is 10.1. The Morgan fingerprint density at radius 3 is 2.72 bits per heavy atom. The number of hydrogen-bond donors (Lipinski definition) is 1. The summed E-state index contributed by atoms with van der Waals surface area (Å²) in [6.07, 6.45) is -0.833. The summed E-state index contributed by atoms with van der Waals surface area (Å²) in [6, 6.07) is 6.13. The lowest BCUT2D eigenvalue weighted by Gasteiger charge is -2.10. The molecule has 100 valence electrons. The fourth-order valence-corrected chi connectivity index (χ4v) is 2.14. The molecule has 0 radical (unpaired) electrons. The van der Waals surface area contributed by atoms with Crippen LogP contribution < -0.4 is 5.32 Å². The van der Waals surface area contributed by atoms with E-state index in [-0.39, 0.29) is 6.61 Å². The van der Waals surface area contributed by atoms with Crippen LogP contribution >= 0.6 is 0 Å². The topological polar surface area (TPSA) is 21.3 Å². The predicted octanol–water partition coefficient (Wildman–Crippen LogP) is 3.17. The number of ether oxygens (including phenoxy) is 1. The fourth-order valence-electron chi connectivity index (χ4n) is 2.14. The Bertz CT molecular complexity index is 404. The average Bonchev–Trinajstić information content (AvgIpc) is 2.74. The number of benzene rings is 1. The third-order valence-corrected chi connectivity index (χ3v) is 2.94. The normalized spacial score (nSPS) is 14.6. The molecule has 0 bridgehead atoms. The molecule has 1 N–H and O–H groups in total. The molecular formula is C13H16F3NO. The molecule has 1 aliphatic rings. The fraction of sp³-hybridized carbons (Fsp3) is 0.538. The van der Waals surface area contributed by atoms with E-state index in [9.17, 15) is 13.2 Å². The van der Waals surface area contributed by atoms with E-state index in [4.69, 9.17) is 0 Å². The van der Waals surface area contributed by atoms with Gasteiger partial charge < -0.3 is 10.1 Å². The summed E-state index contributed by atoms with van der Waals surface area (Å²) in [7, 11) is 0. The van der Waals surface area contributed by atoms with Crippen molar-refractivity contribution in [2.45, 2.75) is 25.4 Å². The maximum atomic E-state index is 11.8. The summed E-state index contributed by atoms with van der Waals surface area (Å²) < 4.78 is 40.0. The average molecular weight is 259 g/mol. The Balaban J connectivity index is 1.71. The highest BCUT2D eigenvalue weighted by Crippen LogP contribution is 2.24. The minimum atomic E-state index is -4.24. The molecule has 0 heterocycles. The van der Waals surface area contributed by atoms with Crippen LogP contribution in [0.5, 0.6) is 0 Å². The number of nitrogens with one attached hydrogen (secondary N) is 1. The Morgan fingerprint density at radius 2 is 1.94 bits per heavy atom. The van der Waals surface area contributed by atoms with Gasteiger partial charge in [-0.2, -0.15) is 13.2 Å². The van der Waals surface area contributed by atoms with E-state index >= 15 is 0 Å². The molecule has 2 nitrogen and oxygen atoms in total. The zero-order valence-corrected chi connectivity index (χ0v) is 10.0. The van der Waals surface area contributed by atoms with E-state index in [1.165, 1.54) is 17.5 Å². The van der Waals surface area contributed by atoms with Gasteiger partial charge in [0.15, 0.2) is 0 Å². The number of anilines is 1. The minimum absolute atomic E-state index is 0.0522. The van der Waals surface area contributed by atoms with Crippen molar-refractivity contribution in [2.75, 3.05) is 25.1 Å². The van der Waals surface area contributed by atoms with Gasteiger partial charge in [-0.15, -0.1) is 0 Å². The largest absolute Gasteiger partial charge is 0.411 e. The summed E-state index contributed by atoms with van der Waals surface area (Å²) in [4.78, 5) is 0. The number of hydrogen-bond acceptors (Lipinski definition) is 2. The summed E-state index contributed by atoms with van der Waals surface area (Å²) in [5.41, 5.74) is 3.68. The summed E-state index contributed by atoms with van der Waals surface area (Å²) in [6.45, 7) is -0.746. The van der Waals surface area contributed by atoms with E-state index in [1.54, 1.807) is 0 Å². The smallest absolute Gasteiger partial charge is 0.383 e. The lowest BCUT2D eigenvalue weighted by Crippen LogP contribution is -2.20. The van der Waals surface area contributed by atoms with Crippen LogP contribution in [0.3, 0.4) is 0 Å². The maximum Gasteiger partial charge on any atom is 0.411 e. The first-order chi connectivity index (χ1) is 8.54. The molecule has 1 aliphatic carbocycles. The van der Waals surface area contributed by atoms with Gasteiger partial charge in [-0.1, -0.05) is 6.07 Å². The van der Waals surface area contributed by atoms with Crippen molar-refractivity contribution in [1.29, 1.82) is 0 Å². The third-order valence-electron chi connectivity index (χ3n) is 2.94. The molecular weight excluding hydrogens is 243 g/mol. The zero-order chi connectivity index (χ0) is 13.0. The molecule has 0 amide bonds. The van der Waals surface area contributed by atoms with E-state index in [0.29, 0.717) is 6.54 Å². The molecule has 0 aliphatic heterocycles. The van der Waals surface area contributed by atoms with Crippen LogP contribution in [0.15, 0.2) is 18.2 Å². The first-order valence-electron chi connectivity index (χ1n) is 6.05. The van der Waals surface area contributed by atoms with Gasteiger partial charge in [0.1, 0.15) is 6.61 Å². The van der Waals surface area contributed by atoms with Crippen LogP contribution in [-0.4, -0.2) is 25.9 Å². The zero-order valence-electron chi connectivity index (χ0n) is 10.0. The highest BCUT2D eigenvalue weighted by molar-refractivity contribution is 5.50. The van der Waals surface area contributed by atoms with Crippen LogP contribution in [-0.2, 0) is 17.6 Å². The Labute approximate surface area is 104 Å². The molecule has 1 aromatic carbocycles. The van der Waals surface area contributed by atoms with Crippen molar-refractivity contribution in [3.8, 4) is 0 Å². The Kier molecular flexibility index (Phi) is 4.11. The molecule has 5 heteroatoms. The standard InChI is InChI=1S/C13H16F3NO/c14-13(15,16)9-18-7-6-17-12-5-4-10-2-1-3-11(10)8-12/h4-5,8,17H,1-3,6-7,9H2. The molecule has 0 unspecified atom stereocenters. The van der Waals surface area contributed by atoms with Crippen molar-refractivity contribution < 1.29 is 17.9 Å². The number of halogens is 3. The van der Waals surface area contributed by atoms with Crippen LogP contribution in [0, 0.1) is 0 Å². The van der Waals surface area contributed by atoms with Gasteiger partial charge >= 0.3 is 6.18 Å². The monoisotopic (exact) mass is 259 g/mol. The van der Waals surface area contributed by atoms with Crippen LogP contribution in [0.1, 0.15) is 17.5 Å². The summed E-state index contributed by atoms with van der Waals surface area (Å²) >= 11 is 0. The minimum Gasteiger partial charge on any atom is -0.383 e. The van der Waals surface area contributed by atoms with Gasteiger partial charge in [-0.3, -0.25) is 0 Å². The maximum absolute atomic E-state index is 11.8. The lowest BCUT2D eigenvalue weighted by molar-refractivity contribution is -0.172. The summed E-state index contributed by atoms with van der Waals surface area (Å²) in [5, 5.41) is 3.07. The number of fused-ring (bicyclic) bond motifs is 1. The van der Waals surface area contributed by atoms with Gasteiger partial charge in [-0.05, 0) is 42.5 Å². The van der Waals surface area contributed by atoms with Crippen LogP contribution in [0.4, 0.5) is 18.9 Å². The van der Waals surface area contributed by atoms with Crippen molar-refractivity contribution in [3.05, 3.63) is 29.3 Å². The molecule has 0 fully saturated rings.